The first-order valence-corrected chi connectivity index (χ1v) is 9.65. The number of quaternary nitrogens is 1. The van der Waals surface area contributed by atoms with E-state index in [0.29, 0.717) is 0 Å². The van der Waals surface area contributed by atoms with Crippen LogP contribution in [-0.4, -0.2) is 16.3 Å². The molecule has 130 valence electrons. The zero-order valence-corrected chi connectivity index (χ0v) is 16.2. The fourth-order valence-corrected chi connectivity index (χ4v) is 3.72. The highest BCUT2D eigenvalue weighted by molar-refractivity contribution is 7.73. The van der Waals surface area contributed by atoms with Crippen LogP contribution in [0, 0.1) is 10.9 Å². The van der Waals surface area contributed by atoms with Crippen LogP contribution in [0.5, 0.6) is 0 Å². The van der Waals surface area contributed by atoms with Gasteiger partial charge in [0.05, 0.1) is 6.54 Å². The summed E-state index contributed by atoms with van der Waals surface area (Å²) < 4.78 is 2.73. The van der Waals surface area contributed by atoms with E-state index < -0.39 is 0 Å². The molecule has 0 aliphatic rings. The Morgan fingerprint density at radius 2 is 1.96 bits per heavy atom. The van der Waals surface area contributed by atoms with Gasteiger partial charge < -0.3 is 10.2 Å². The lowest BCUT2D eigenvalue weighted by molar-refractivity contribution is -0.935. The number of hydrogen-bond acceptors (Lipinski definition) is 4. The first kappa shape index (κ1) is 17.8. The van der Waals surface area contributed by atoms with E-state index in [-0.39, 0.29) is 0 Å². The van der Waals surface area contributed by atoms with E-state index >= 15 is 0 Å². The highest BCUT2D eigenvalue weighted by Gasteiger charge is 2.11. The summed E-state index contributed by atoms with van der Waals surface area (Å²) >= 11 is 7.03. The maximum atomic E-state index is 5.51. The van der Waals surface area contributed by atoms with Crippen molar-refractivity contribution in [3.8, 4) is 0 Å². The SMILES string of the molecule is CC[NH+](Cc1ccccc1)Cn1nc(Nc2cccc(C)c2)sc1=S. The molecule has 0 bridgehead atoms. The van der Waals surface area contributed by atoms with E-state index in [1.807, 2.05) is 16.8 Å². The van der Waals surface area contributed by atoms with Crippen molar-refractivity contribution in [3.63, 3.8) is 0 Å². The van der Waals surface area contributed by atoms with E-state index in [1.165, 1.54) is 27.4 Å². The molecule has 0 amide bonds. The van der Waals surface area contributed by atoms with E-state index in [0.717, 1.165) is 34.5 Å². The molecule has 1 heterocycles. The van der Waals surface area contributed by atoms with Gasteiger partial charge in [-0.2, -0.15) is 4.68 Å². The highest BCUT2D eigenvalue weighted by atomic mass is 32.1. The standard InChI is InChI=1S/C19H22N4S2/c1-3-22(13-16-9-5-4-6-10-16)14-23-19(24)25-18(21-23)20-17-11-7-8-15(2)12-17/h4-12H,3,13-14H2,1-2H3,(H,20,21)/p+1. The van der Waals surface area contributed by atoms with Gasteiger partial charge in [-0.1, -0.05) is 53.8 Å². The molecule has 6 heteroatoms. The predicted molar refractivity (Wildman–Crippen MR) is 107 cm³/mol. The smallest absolute Gasteiger partial charge is 0.209 e. The molecule has 0 saturated carbocycles. The van der Waals surface area contributed by atoms with Crippen molar-refractivity contribution in [1.29, 1.82) is 0 Å². The molecule has 0 fully saturated rings. The van der Waals surface area contributed by atoms with Crippen molar-refractivity contribution < 1.29 is 4.90 Å². The van der Waals surface area contributed by atoms with E-state index in [9.17, 15) is 0 Å². The minimum absolute atomic E-state index is 0.774. The lowest BCUT2D eigenvalue weighted by Crippen LogP contribution is -3.09. The molecule has 0 aliphatic carbocycles. The first-order chi connectivity index (χ1) is 12.1. The molecule has 0 saturated heterocycles. The van der Waals surface area contributed by atoms with Crippen molar-refractivity contribution in [2.75, 3.05) is 11.9 Å². The monoisotopic (exact) mass is 371 g/mol. The number of benzene rings is 2. The summed E-state index contributed by atoms with van der Waals surface area (Å²) in [5.41, 5.74) is 3.59. The van der Waals surface area contributed by atoms with Crippen molar-refractivity contribution in [1.82, 2.24) is 9.78 Å². The quantitative estimate of drug-likeness (QED) is 0.620. The maximum Gasteiger partial charge on any atom is 0.209 e. The average Bonchev–Trinajstić information content (AvgIpc) is 2.94. The molecule has 1 aromatic heterocycles. The largest absolute Gasteiger partial charge is 0.330 e. The van der Waals surface area contributed by atoms with Gasteiger partial charge in [0, 0.05) is 11.3 Å². The second kappa shape index (κ2) is 8.38. The average molecular weight is 372 g/mol. The number of nitrogens with one attached hydrogen (secondary N) is 2. The Hall–Kier alpha value is -2.02. The highest BCUT2D eigenvalue weighted by Crippen LogP contribution is 2.20. The van der Waals surface area contributed by atoms with Gasteiger partial charge in [-0.3, -0.25) is 0 Å². The second-order valence-corrected chi connectivity index (χ2v) is 7.71. The summed E-state index contributed by atoms with van der Waals surface area (Å²) in [5, 5.41) is 8.86. The summed E-state index contributed by atoms with van der Waals surface area (Å²) in [6.07, 6.45) is 0. The fourth-order valence-electron chi connectivity index (χ4n) is 2.69. The molecular weight excluding hydrogens is 348 g/mol. The van der Waals surface area contributed by atoms with Crippen molar-refractivity contribution >= 4 is 34.4 Å². The lowest BCUT2D eigenvalue weighted by atomic mass is 10.2. The van der Waals surface area contributed by atoms with Crippen molar-refractivity contribution in [2.45, 2.75) is 27.1 Å². The Labute approximate surface area is 157 Å². The predicted octanol–water partition coefficient (Wildman–Crippen LogP) is 3.79. The van der Waals surface area contributed by atoms with E-state index in [2.05, 4.69) is 66.7 Å². The Balaban J connectivity index is 1.70. The molecule has 0 spiro atoms. The summed E-state index contributed by atoms with van der Waals surface area (Å²) in [4.78, 5) is 1.43. The summed E-state index contributed by atoms with van der Waals surface area (Å²) in [6.45, 7) is 7.04. The zero-order valence-electron chi connectivity index (χ0n) is 14.5. The number of hydrogen-bond donors (Lipinski definition) is 2. The van der Waals surface area contributed by atoms with Gasteiger partial charge in [0.1, 0.15) is 6.54 Å². The normalized spacial score (nSPS) is 12.1. The molecular formula is C19H23N4S2+. The van der Waals surface area contributed by atoms with Crippen LogP contribution in [0.4, 0.5) is 10.8 Å². The minimum Gasteiger partial charge on any atom is -0.330 e. The molecule has 1 unspecified atom stereocenters. The molecule has 2 aromatic carbocycles. The Morgan fingerprint density at radius 1 is 1.16 bits per heavy atom. The number of rotatable bonds is 7. The number of aryl methyl sites for hydroxylation is 1. The summed E-state index contributed by atoms with van der Waals surface area (Å²) in [7, 11) is 0. The van der Waals surface area contributed by atoms with E-state index in [1.54, 1.807) is 0 Å². The molecule has 4 nitrogen and oxygen atoms in total. The van der Waals surface area contributed by atoms with Gasteiger partial charge in [-0.05, 0) is 43.8 Å². The molecule has 3 aromatic rings. The van der Waals surface area contributed by atoms with Gasteiger partial charge in [0.25, 0.3) is 0 Å². The lowest BCUT2D eigenvalue weighted by Gasteiger charge is -2.17. The third-order valence-corrected chi connectivity index (χ3v) is 5.27. The van der Waals surface area contributed by atoms with Crippen molar-refractivity contribution in [2.24, 2.45) is 0 Å². The third-order valence-electron chi connectivity index (χ3n) is 4.05. The first-order valence-electron chi connectivity index (χ1n) is 8.43. The number of nitrogens with zero attached hydrogens (tertiary/aromatic N) is 2. The van der Waals surface area contributed by atoms with Gasteiger partial charge in [-0.25, -0.2) is 0 Å². The maximum absolute atomic E-state index is 5.51. The van der Waals surface area contributed by atoms with Crippen LogP contribution in [-0.2, 0) is 13.2 Å². The topological polar surface area (TPSA) is 34.3 Å². The van der Waals surface area contributed by atoms with Gasteiger partial charge in [0.15, 0.2) is 10.6 Å². The second-order valence-electron chi connectivity index (χ2n) is 6.09. The number of aromatic nitrogens is 2. The van der Waals surface area contributed by atoms with Crippen LogP contribution in [0.2, 0.25) is 0 Å². The molecule has 1 atom stereocenters. The van der Waals surface area contributed by atoms with Crippen molar-refractivity contribution in [3.05, 3.63) is 69.7 Å². The van der Waals surface area contributed by atoms with Crippen LogP contribution in [0.3, 0.4) is 0 Å². The molecule has 2 N–H and O–H groups in total. The fraction of sp³-hybridized carbons (Fsp3) is 0.263. The van der Waals surface area contributed by atoms with Crippen LogP contribution >= 0.6 is 23.6 Å². The number of anilines is 2. The van der Waals surface area contributed by atoms with Crippen LogP contribution in [0.15, 0.2) is 54.6 Å². The molecule has 0 aliphatic heterocycles. The summed E-state index contributed by atoms with van der Waals surface area (Å²) in [6, 6.07) is 18.8. The molecule has 3 rings (SSSR count). The molecule has 0 radical (unpaired) electrons. The Kier molecular flexibility index (Phi) is 5.96. The Morgan fingerprint density at radius 3 is 2.68 bits per heavy atom. The van der Waals surface area contributed by atoms with Gasteiger partial charge in [0.2, 0.25) is 5.13 Å². The van der Waals surface area contributed by atoms with Gasteiger partial charge in [-0.15, -0.1) is 5.10 Å². The zero-order chi connectivity index (χ0) is 17.6. The third kappa shape index (κ3) is 4.98. The van der Waals surface area contributed by atoms with Crippen LogP contribution in [0.1, 0.15) is 18.1 Å². The molecule has 25 heavy (non-hydrogen) atoms. The van der Waals surface area contributed by atoms with Gasteiger partial charge >= 0.3 is 0 Å². The van der Waals surface area contributed by atoms with Crippen LogP contribution in [0.25, 0.3) is 0 Å². The van der Waals surface area contributed by atoms with E-state index in [4.69, 9.17) is 12.2 Å². The van der Waals surface area contributed by atoms with Crippen LogP contribution < -0.4 is 10.2 Å². The Bertz CT molecular complexity index is 870. The summed E-state index contributed by atoms with van der Waals surface area (Å²) in [5.74, 6) is 0. The minimum atomic E-state index is 0.774.